The number of halogens is 2. The predicted molar refractivity (Wildman–Crippen MR) is 71.9 cm³/mol. The van der Waals surface area contributed by atoms with Gasteiger partial charge in [0.2, 0.25) is 0 Å². The molecule has 0 saturated heterocycles. The minimum atomic E-state index is -0.291. The lowest BCUT2D eigenvalue weighted by Crippen LogP contribution is -2.22. The summed E-state index contributed by atoms with van der Waals surface area (Å²) < 4.78 is 19.1. The van der Waals surface area contributed by atoms with Crippen LogP contribution in [0.3, 0.4) is 0 Å². The van der Waals surface area contributed by atoms with Crippen LogP contribution in [-0.2, 0) is 0 Å². The Morgan fingerprint density at radius 1 is 1.41 bits per heavy atom. The molecule has 1 aromatic rings. The quantitative estimate of drug-likeness (QED) is 0.777. The van der Waals surface area contributed by atoms with E-state index in [1.807, 2.05) is 0 Å². The van der Waals surface area contributed by atoms with Crippen LogP contribution in [0.4, 0.5) is 4.39 Å². The molecule has 0 amide bonds. The van der Waals surface area contributed by atoms with Crippen molar-refractivity contribution in [1.29, 1.82) is 0 Å². The van der Waals surface area contributed by atoms with Crippen molar-refractivity contribution in [1.82, 2.24) is 5.32 Å². The Hall–Kier alpha value is -0.610. The third kappa shape index (κ3) is 6.03. The maximum Gasteiger partial charge on any atom is 0.141 e. The highest BCUT2D eigenvalue weighted by Crippen LogP contribution is 2.20. The molecular formula is C13H19BrFNO. The van der Waals surface area contributed by atoms with Gasteiger partial charge in [-0.1, -0.05) is 13.8 Å². The van der Waals surface area contributed by atoms with E-state index >= 15 is 0 Å². The van der Waals surface area contributed by atoms with E-state index in [1.54, 1.807) is 12.1 Å². The molecular weight excluding hydrogens is 285 g/mol. The number of nitrogens with one attached hydrogen (secondary N) is 1. The molecule has 1 rings (SSSR count). The standard InChI is InChI=1S/C13H19BrFNO/c1-10(2)9-16-6-3-7-17-11-4-5-12(14)13(15)8-11/h4-5,8,10,16H,3,6-7,9H2,1-2H3. The van der Waals surface area contributed by atoms with Gasteiger partial charge < -0.3 is 10.1 Å². The van der Waals surface area contributed by atoms with Gasteiger partial charge in [0.05, 0.1) is 11.1 Å². The van der Waals surface area contributed by atoms with Crippen LogP contribution in [0.1, 0.15) is 20.3 Å². The van der Waals surface area contributed by atoms with Gasteiger partial charge in [-0.25, -0.2) is 4.39 Å². The van der Waals surface area contributed by atoms with Crippen molar-refractivity contribution < 1.29 is 9.13 Å². The normalized spacial score (nSPS) is 10.9. The molecule has 17 heavy (non-hydrogen) atoms. The van der Waals surface area contributed by atoms with Gasteiger partial charge in [0.25, 0.3) is 0 Å². The van der Waals surface area contributed by atoms with Crippen molar-refractivity contribution in [3.63, 3.8) is 0 Å². The van der Waals surface area contributed by atoms with Gasteiger partial charge in [0.15, 0.2) is 0 Å². The van der Waals surface area contributed by atoms with Gasteiger partial charge in [-0.2, -0.15) is 0 Å². The van der Waals surface area contributed by atoms with Gasteiger partial charge in [0.1, 0.15) is 11.6 Å². The summed E-state index contributed by atoms with van der Waals surface area (Å²) in [6, 6.07) is 4.81. The number of hydrogen-bond acceptors (Lipinski definition) is 2. The fourth-order valence-corrected chi connectivity index (χ4v) is 1.59. The molecule has 0 spiro atoms. The highest BCUT2D eigenvalue weighted by atomic mass is 79.9. The first-order valence-corrected chi connectivity index (χ1v) is 6.67. The third-order valence-corrected chi connectivity index (χ3v) is 2.85. The minimum absolute atomic E-state index is 0.291. The number of hydrogen-bond donors (Lipinski definition) is 1. The Morgan fingerprint density at radius 2 is 2.18 bits per heavy atom. The summed E-state index contributed by atoms with van der Waals surface area (Å²) in [6.45, 7) is 6.90. The van der Waals surface area contributed by atoms with E-state index in [9.17, 15) is 4.39 Å². The molecule has 0 atom stereocenters. The largest absolute Gasteiger partial charge is 0.493 e. The molecule has 1 aromatic carbocycles. The molecule has 0 bridgehead atoms. The van der Waals surface area contributed by atoms with E-state index in [0.29, 0.717) is 22.7 Å². The Morgan fingerprint density at radius 3 is 2.82 bits per heavy atom. The predicted octanol–water partition coefficient (Wildman–Crippen LogP) is 3.60. The average molecular weight is 304 g/mol. The highest BCUT2D eigenvalue weighted by molar-refractivity contribution is 9.10. The van der Waals surface area contributed by atoms with E-state index in [2.05, 4.69) is 35.1 Å². The monoisotopic (exact) mass is 303 g/mol. The van der Waals surface area contributed by atoms with Crippen LogP contribution in [0.2, 0.25) is 0 Å². The first kappa shape index (κ1) is 14.5. The van der Waals surface area contributed by atoms with Gasteiger partial charge in [0, 0.05) is 6.07 Å². The number of benzene rings is 1. The molecule has 0 heterocycles. The minimum Gasteiger partial charge on any atom is -0.493 e. The second-order valence-corrected chi connectivity index (χ2v) is 5.23. The van der Waals surface area contributed by atoms with E-state index in [-0.39, 0.29) is 5.82 Å². The van der Waals surface area contributed by atoms with Gasteiger partial charge in [-0.3, -0.25) is 0 Å². The summed E-state index contributed by atoms with van der Waals surface area (Å²) in [5.74, 6) is 0.950. The summed E-state index contributed by atoms with van der Waals surface area (Å²) in [7, 11) is 0. The van der Waals surface area contributed by atoms with Gasteiger partial charge in [-0.15, -0.1) is 0 Å². The van der Waals surface area contributed by atoms with Gasteiger partial charge >= 0.3 is 0 Å². The van der Waals surface area contributed by atoms with Crippen molar-refractivity contribution in [2.45, 2.75) is 20.3 Å². The molecule has 2 nitrogen and oxygen atoms in total. The van der Waals surface area contributed by atoms with Crippen LogP contribution in [0.25, 0.3) is 0 Å². The van der Waals surface area contributed by atoms with E-state index in [4.69, 9.17) is 4.74 Å². The van der Waals surface area contributed by atoms with E-state index in [0.717, 1.165) is 19.5 Å². The first-order chi connectivity index (χ1) is 8.09. The Kier molecular flexibility index (Phi) is 6.52. The third-order valence-electron chi connectivity index (χ3n) is 2.21. The summed E-state index contributed by atoms with van der Waals surface area (Å²) in [5, 5.41) is 3.33. The Balaban J connectivity index is 2.16. The smallest absolute Gasteiger partial charge is 0.141 e. The maximum atomic E-state index is 13.2. The molecule has 0 aliphatic heterocycles. The number of ether oxygens (including phenoxy) is 1. The fourth-order valence-electron chi connectivity index (χ4n) is 1.34. The zero-order chi connectivity index (χ0) is 12.7. The zero-order valence-corrected chi connectivity index (χ0v) is 11.9. The molecule has 0 fully saturated rings. The topological polar surface area (TPSA) is 21.3 Å². The summed E-state index contributed by atoms with van der Waals surface area (Å²) in [6.07, 6.45) is 0.921. The molecule has 0 unspecified atom stereocenters. The molecule has 0 aliphatic carbocycles. The SMILES string of the molecule is CC(C)CNCCCOc1ccc(Br)c(F)c1. The van der Waals surface area contributed by atoms with Gasteiger partial charge in [-0.05, 0) is 53.5 Å². The summed E-state index contributed by atoms with van der Waals surface area (Å²) >= 11 is 3.10. The van der Waals surface area contributed by atoms with Crippen LogP contribution in [0.15, 0.2) is 22.7 Å². The Bertz CT molecular complexity index is 344. The average Bonchev–Trinajstić information content (AvgIpc) is 2.27. The fraction of sp³-hybridized carbons (Fsp3) is 0.538. The Labute approximate surface area is 111 Å². The lowest BCUT2D eigenvalue weighted by Gasteiger charge is -2.09. The lowest BCUT2D eigenvalue weighted by molar-refractivity contribution is 0.305. The van der Waals surface area contributed by atoms with Crippen molar-refractivity contribution in [2.75, 3.05) is 19.7 Å². The zero-order valence-electron chi connectivity index (χ0n) is 10.3. The van der Waals surface area contributed by atoms with Crippen LogP contribution in [0.5, 0.6) is 5.75 Å². The summed E-state index contributed by atoms with van der Waals surface area (Å²) in [5.41, 5.74) is 0. The van der Waals surface area contributed by atoms with Crippen LogP contribution in [-0.4, -0.2) is 19.7 Å². The van der Waals surface area contributed by atoms with Crippen molar-refractivity contribution in [2.24, 2.45) is 5.92 Å². The molecule has 0 aromatic heterocycles. The van der Waals surface area contributed by atoms with Crippen LogP contribution in [0, 0.1) is 11.7 Å². The van der Waals surface area contributed by atoms with E-state index < -0.39 is 0 Å². The molecule has 4 heteroatoms. The molecule has 0 radical (unpaired) electrons. The van der Waals surface area contributed by atoms with Crippen molar-refractivity contribution in [3.8, 4) is 5.75 Å². The summed E-state index contributed by atoms with van der Waals surface area (Å²) in [4.78, 5) is 0. The highest BCUT2D eigenvalue weighted by Gasteiger charge is 2.01. The lowest BCUT2D eigenvalue weighted by atomic mass is 10.2. The van der Waals surface area contributed by atoms with Crippen LogP contribution >= 0.6 is 15.9 Å². The van der Waals surface area contributed by atoms with Crippen molar-refractivity contribution >= 4 is 15.9 Å². The number of rotatable bonds is 7. The maximum absolute atomic E-state index is 13.2. The first-order valence-electron chi connectivity index (χ1n) is 5.88. The molecule has 0 aliphatic rings. The van der Waals surface area contributed by atoms with Crippen LogP contribution < -0.4 is 10.1 Å². The molecule has 96 valence electrons. The second kappa shape index (κ2) is 7.67. The van der Waals surface area contributed by atoms with E-state index in [1.165, 1.54) is 6.07 Å². The second-order valence-electron chi connectivity index (χ2n) is 4.38. The molecule has 1 N–H and O–H groups in total. The van der Waals surface area contributed by atoms with Crippen molar-refractivity contribution in [3.05, 3.63) is 28.5 Å². The molecule has 0 saturated carbocycles.